The SMILES string of the molecule is CCN1CC[C@@H]2C[C@@H](N3CCOCC3)CC[C@@]2(C(=O)NCCc2cccc(Cl)c2)C1. The Morgan fingerprint density at radius 3 is 2.87 bits per heavy atom. The summed E-state index contributed by atoms with van der Waals surface area (Å²) in [5.41, 5.74) is 0.942. The highest BCUT2D eigenvalue weighted by Crippen LogP contribution is 2.47. The Bertz CT molecular complexity index is 724. The van der Waals surface area contributed by atoms with Gasteiger partial charge in [-0.15, -0.1) is 0 Å². The number of ether oxygens (including phenoxy) is 1. The molecule has 2 aliphatic heterocycles. The third-order valence-corrected chi connectivity index (χ3v) is 7.85. The third-order valence-electron chi connectivity index (χ3n) is 7.61. The standard InChI is InChI=1S/C24H36ClN3O2/c1-2-27-11-8-20-17-22(28-12-14-30-15-13-28)6-9-24(20,18-27)23(29)26-10-7-19-4-3-5-21(25)16-19/h3-5,16,20,22H,2,6-15,17-18H2,1H3,(H,26,29)/t20-,22+,24-/m1/s1. The average Bonchev–Trinajstić information content (AvgIpc) is 2.78. The van der Waals surface area contributed by atoms with E-state index in [1.807, 2.05) is 18.2 Å². The topological polar surface area (TPSA) is 44.8 Å². The second-order valence-electron chi connectivity index (χ2n) is 9.22. The molecule has 0 aromatic heterocycles. The molecule has 1 aromatic rings. The number of morpholine rings is 1. The molecule has 6 heteroatoms. The van der Waals surface area contributed by atoms with Gasteiger partial charge < -0.3 is 15.0 Å². The van der Waals surface area contributed by atoms with E-state index in [2.05, 4.69) is 28.1 Å². The van der Waals surface area contributed by atoms with Crippen LogP contribution >= 0.6 is 11.6 Å². The van der Waals surface area contributed by atoms with Crippen molar-refractivity contribution < 1.29 is 9.53 Å². The Kier molecular flexibility index (Phi) is 7.35. The van der Waals surface area contributed by atoms with Gasteiger partial charge in [0.05, 0.1) is 18.6 Å². The van der Waals surface area contributed by atoms with Crippen molar-refractivity contribution in [3.8, 4) is 0 Å². The highest BCUT2D eigenvalue weighted by Gasteiger charge is 2.52. The van der Waals surface area contributed by atoms with Crippen LogP contribution in [0.4, 0.5) is 0 Å². The summed E-state index contributed by atoms with van der Waals surface area (Å²) in [5.74, 6) is 0.751. The molecule has 0 unspecified atom stereocenters. The number of fused-ring (bicyclic) bond motifs is 1. The maximum absolute atomic E-state index is 13.6. The molecule has 3 atom stereocenters. The van der Waals surface area contributed by atoms with E-state index in [1.165, 1.54) is 5.56 Å². The minimum Gasteiger partial charge on any atom is -0.379 e. The molecule has 3 aliphatic rings. The minimum atomic E-state index is -0.231. The van der Waals surface area contributed by atoms with Crippen LogP contribution in [-0.4, -0.2) is 74.2 Å². The quantitative estimate of drug-likeness (QED) is 0.748. The Morgan fingerprint density at radius 2 is 2.10 bits per heavy atom. The lowest BCUT2D eigenvalue weighted by atomic mass is 9.61. The van der Waals surface area contributed by atoms with Gasteiger partial charge >= 0.3 is 0 Å². The van der Waals surface area contributed by atoms with Crippen molar-refractivity contribution in [1.82, 2.24) is 15.1 Å². The number of likely N-dealkylation sites (tertiary alicyclic amines) is 1. The predicted molar refractivity (Wildman–Crippen MR) is 121 cm³/mol. The molecular formula is C24H36ClN3O2. The average molecular weight is 434 g/mol. The largest absolute Gasteiger partial charge is 0.379 e. The van der Waals surface area contributed by atoms with Gasteiger partial charge in [-0.05, 0) is 68.8 Å². The normalized spacial score (nSPS) is 30.6. The number of benzene rings is 1. The molecule has 1 aromatic carbocycles. The molecule has 3 fully saturated rings. The highest BCUT2D eigenvalue weighted by molar-refractivity contribution is 6.30. The van der Waals surface area contributed by atoms with Crippen LogP contribution in [0.1, 0.15) is 38.2 Å². The zero-order valence-electron chi connectivity index (χ0n) is 18.2. The van der Waals surface area contributed by atoms with E-state index < -0.39 is 0 Å². The van der Waals surface area contributed by atoms with Crippen LogP contribution in [0.15, 0.2) is 24.3 Å². The molecule has 2 saturated heterocycles. The second-order valence-corrected chi connectivity index (χ2v) is 9.66. The number of carbonyl (C=O) groups is 1. The summed E-state index contributed by atoms with van der Waals surface area (Å²) >= 11 is 6.10. The first-order valence-electron chi connectivity index (χ1n) is 11.7. The summed E-state index contributed by atoms with van der Waals surface area (Å²) < 4.78 is 5.55. The van der Waals surface area contributed by atoms with Crippen LogP contribution < -0.4 is 5.32 Å². The number of halogens is 1. The third kappa shape index (κ3) is 4.85. The molecule has 1 saturated carbocycles. The Morgan fingerprint density at radius 1 is 1.27 bits per heavy atom. The van der Waals surface area contributed by atoms with Crippen LogP contribution in [-0.2, 0) is 16.0 Å². The first-order valence-corrected chi connectivity index (χ1v) is 12.1. The number of piperidine rings is 1. The van der Waals surface area contributed by atoms with E-state index in [4.69, 9.17) is 16.3 Å². The maximum Gasteiger partial charge on any atom is 0.227 e. The van der Waals surface area contributed by atoms with Crippen molar-refractivity contribution in [2.75, 3.05) is 52.5 Å². The Hall–Kier alpha value is -1.14. The van der Waals surface area contributed by atoms with Gasteiger partial charge in [0, 0.05) is 37.2 Å². The molecule has 1 amide bonds. The van der Waals surface area contributed by atoms with Gasteiger partial charge in [-0.25, -0.2) is 0 Å². The molecule has 0 spiro atoms. The first kappa shape index (κ1) is 22.1. The lowest BCUT2D eigenvalue weighted by Gasteiger charge is -2.53. The number of rotatable bonds is 6. The van der Waals surface area contributed by atoms with Crippen LogP contribution in [0.2, 0.25) is 5.02 Å². The maximum atomic E-state index is 13.6. The number of hydrogen-bond acceptors (Lipinski definition) is 4. The zero-order chi connectivity index (χ0) is 21.0. The number of nitrogens with one attached hydrogen (secondary N) is 1. The number of nitrogens with zero attached hydrogens (tertiary/aromatic N) is 2. The monoisotopic (exact) mass is 433 g/mol. The van der Waals surface area contributed by atoms with E-state index in [-0.39, 0.29) is 11.3 Å². The molecule has 166 valence electrons. The van der Waals surface area contributed by atoms with Crippen molar-refractivity contribution >= 4 is 17.5 Å². The van der Waals surface area contributed by atoms with Gasteiger partial charge in [-0.1, -0.05) is 30.7 Å². The van der Waals surface area contributed by atoms with Crippen molar-refractivity contribution in [3.63, 3.8) is 0 Å². The fourth-order valence-corrected chi connectivity index (χ4v) is 6.04. The van der Waals surface area contributed by atoms with Crippen molar-refractivity contribution in [3.05, 3.63) is 34.9 Å². The van der Waals surface area contributed by atoms with E-state index in [1.54, 1.807) is 0 Å². The van der Waals surface area contributed by atoms with E-state index >= 15 is 0 Å². The van der Waals surface area contributed by atoms with Gasteiger partial charge in [0.15, 0.2) is 0 Å². The van der Waals surface area contributed by atoms with Crippen molar-refractivity contribution in [2.45, 2.75) is 45.1 Å². The molecule has 2 heterocycles. The summed E-state index contributed by atoms with van der Waals surface area (Å²) in [6.45, 7) is 9.71. The summed E-state index contributed by atoms with van der Waals surface area (Å²) in [4.78, 5) is 18.6. The summed E-state index contributed by atoms with van der Waals surface area (Å²) in [6.07, 6.45) is 5.23. The van der Waals surface area contributed by atoms with Gasteiger partial charge in [0.25, 0.3) is 0 Å². The van der Waals surface area contributed by atoms with E-state index in [0.29, 0.717) is 18.5 Å². The Balaban J connectivity index is 1.41. The first-order chi connectivity index (χ1) is 14.6. The predicted octanol–water partition coefficient (Wildman–Crippen LogP) is 3.21. The number of hydrogen-bond donors (Lipinski definition) is 1. The minimum absolute atomic E-state index is 0.231. The van der Waals surface area contributed by atoms with Gasteiger partial charge in [0.1, 0.15) is 0 Å². The smallest absolute Gasteiger partial charge is 0.227 e. The van der Waals surface area contributed by atoms with Crippen LogP contribution in [0, 0.1) is 11.3 Å². The van der Waals surface area contributed by atoms with Gasteiger partial charge in [-0.2, -0.15) is 0 Å². The Labute approximate surface area is 186 Å². The number of carbonyl (C=O) groups excluding carboxylic acids is 1. The fraction of sp³-hybridized carbons (Fsp3) is 0.708. The lowest BCUT2D eigenvalue weighted by molar-refractivity contribution is -0.144. The molecule has 1 N–H and O–H groups in total. The molecular weight excluding hydrogens is 398 g/mol. The molecule has 0 bridgehead atoms. The summed E-state index contributed by atoms with van der Waals surface area (Å²) in [5, 5.41) is 4.06. The van der Waals surface area contributed by atoms with Crippen LogP contribution in [0.3, 0.4) is 0 Å². The summed E-state index contributed by atoms with van der Waals surface area (Å²) in [7, 11) is 0. The van der Waals surface area contributed by atoms with E-state index in [9.17, 15) is 4.79 Å². The van der Waals surface area contributed by atoms with Crippen LogP contribution in [0.25, 0.3) is 0 Å². The molecule has 30 heavy (non-hydrogen) atoms. The van der Waals surface area contributed by atoms with Crippen molar-refractivity contribution in [2.24, 2.45) is 11.3 Å². The van der Waals surface area contributed by atoms with Crippen LogP contribution in [0.5, 0.6) is 0 Å². The molecule has 1 aliphatic carbocycles. The van der Waals surface area contributed by atoms with Crippen molar-refractivity contribution in [1.29, 1.82) is 0 Å². The molecule has 5 nitrogen and oxygen atoms in total. The van der Waals surface area contributed by atoms with E-state index in [0.717, 1.165) is 83.1 Å². The zero-order valence-corrected chi connectivity index (χ0v) is 19.0. The molecule has 4 rings (SSSR count). The lowest BCUT2D eigenvalue weighted by Crippen LogP contribution is -2.61. The van der Waals surface area contributed by atoms with Gasteiger partial charge in [0.2, 0.25) is 5.91 Å². The van der Waals surface area contributed by atoms with Gasteiger partial charge in [-0.3, -0.25) is 9.69 Å². The summed E-state index contributed by atoms with van der Waals surface area (Å²) in [6, 6.07) is 8.54. The fourth-order valence-electron chi connectivity index (χ4n) is 5.82. The highest BCUT2D eigenvalue weighted by atomic mass is 35.5. The molecule has 0 radical (unpaired) electrons. The second kappa shape index (κ2) is 9.99. The number of amides is 1.